The third kappa shape index (κ3) is 4.19. The summed E-state index contributed by atoms with van der Waals surface area (Å²) in [5.41, 5.74) is 4.23. The number of fused-ring (bicyclic) bond motifs is 1. The minimum Gasteiger partial charge on any atom is -0.356 e. The Morgan fingerprint density at radius 1 is 1.21 bits per heavy atom. The highest BCUT2D eigenvalue weighted by Crippen LogP contribution is 2.39. The van der Waals surface area contributed by atoms with E-state index in [4.69, 9.17) is 4.98 Å². The molecule has 2 fully saturated rings. The van der Waals surface area contributed by atoms with Crippen LogP contribution in [-0.4, -0.2) is 51.5 Å². The van der Waals surface area contributed by atoms with E-state index < -0.39 is 0 Å². The number of carbonyl (C=O) groups is 1. The van der Waals surface area contributed by atoms with E-state index in [0.29, 0.717) is 24.4 Å². The summed E-state index contributed by atoms with van der Waals surface area (Å²) in [5.74, 6) is 2.50. The van der Waals surface area contributed by atoms with E-state index in [1.807, 2.05) is 31.9 Å². The lowest BCUT2D eigenvalue weighted by molar-refractivity contribution is 0.0708. The van der Waals surface area contributed by atoms with Crippen LogP contribution in [0.4, 0.5) is 5.82 Å². The van der Waals surface area contributed by atoms with Gasteiger partial charge in [0.2, 0.25) is 0 Å². The lowest BCUT2D eigenvalue weighted by atomic mass is 10.0. The molecule has 1 aliphatic heterocycles. The predicted octanol–water partition coefficient (Wildman–Crippen LogP) is 3.71. The summed E-state index contributed by atoms with van der Waals surface area (Å²) in [6.45, 7) is 9.92. The minimum atomic E-state index is -0.0266. The number of aromatic nitrogens is 3. The van der Waals surface area contributed by atoms with E-state index in [-0.39, 0.29) is 17.5 Å². The summed E-state index contributed by atoms with van der Waals surface area (Å²) in [6.07, 6.45) is 10.2. The van der Waals surface area contributed by atoms with Crippen molar-refractivity contribution in [2.75, 3.05) is 25.0 Å². The Morgan fingerprint density at radius 3 is 2.62 bits per heavy atom. The van der Waals surface area contributed by atoms with E-state index in [0.717, 1.165) is 60.0 Å². The van der Waals surface area contributed by atoms with Gasteiger partial charge < -0.3 is 14.4 Å². The van der Waals surface area contributed by atoms with Gasteiger partial charge in [0.05, 0.1) is 5.56 Å². The molecule has 2 aliphatic carbocycles. The fraction of sp³-hybridized carbons (Fsp3) is 0.481. The van der Waals surface area contributed by atoms with Crippen molar-refractivity contribution in [1.82, 2.24) is 19.4 Å². The zero-order chi connectivity index (χ0) is 24.0. The summed E-state index contributed by atoms with van der Waals surface area (Å²) >= 11 is 0. The number of rotatable bonds is 6. The molecule has 3 heterocycles. The van der Waals surface area contributed by atoms with E-state index in [1.165, 1.54) is 12.8 Å². The van der Waals surface area contributed by atoms with Gasteiger partial charge in [0, 0.05) is 62.2 Å². The Bertz CT molecular complexity index is 1230. The second kappa shape index (κ2) is 8.85. The van der Waals surface area contributed by atoms with Crippen LogP contribution in [0.25, 0.3) is 6.08 Å². The second-order valence-corrected chi connectivity index (χ2v) is 9.98. The molecule has 0 N–H and O–H groups in total. The molecule has 5 rings (SSSR count). The van der Waals surface area contributed by atoms with Crippen molar-refractivity contribution in [2.45, 2.75) is 64.5 Å². The van der Waals surface area contributed by atoms with Crippen LogP contribution in [-0.2, 0) is 13.0 Å². The topological polar surface area (TPSA) is 71.3 Å². The second-order valence-electron chi connectivity index (χ2n) is 9.98. The molecule has 2 aromatic heterocycles. The van der Waals surface area contributed by atoms with Crippen LogP contribution in [0.15, 0.2) is 35.3 Å². The number of piperidine rings is 1. The molecule has 178 valence electrons. The van der Waals surface area contributed by atoms with Gasteiger partial charge in [0.25, 0.3) is 11.5 Å². The first-order valence-corrected chi connectivity index (χ1v) is 12.3. The number of carbonyl (C=O) groups excluding carboxylic acids is 1. The lowest BCUT2D eigenvalue weighted by Gasteiger charge is -2.37. The first kappa shape index (κ1) is 22.6. The Balaban J connectivity index is 1.33. The first-order chi connectivity index (χ1) is 16.4. The van der Waals surface area contributed by atoms with Gasteiger partial charge in [-0.3, -0.25) is 9.59 Å². The van der Waals surface area contributed by atoms with Crippen molar-refractivity contribution in [3.05, 3.63) is 69.1 Å². The molecule has 3 aliphatic rings. The summed E-state index contributed by atoms with van der Waals surface area (Å²) in [7, 11) is 1.89. The normalized spacial score (nSPS) is 18.0. The van der Waals surface area contributed by atoms with Gasteiger partial charge in [-0.05, 0) is 51.5 Å². The molecule has 0 atom stereocenters. The molecule has 0 radical (unpaired) electrons. The average Bonchev–Trinajstić information content (AvgIpc) is 3.61. The fourth-order valence-electron chi connectivity index (χ4n) is 5.19. The Kier molecular flexibility index (Phi) is 5.88. The molecule has 1 amide bonds. The van der Waals surface area contributed by atoms with Gasteiger partial charge in [-0.15, -0.1) is 6.58 Å². The van der Waals surface area contributed by atoms with Crippen LogP contribution in [0, 0.1) is 6.92 Å². The summed E-state index contributed by atoms with van der Waals surface area (Å²) < 4.78 is 1.61. The van der Waals surface area contributed by atoms with Crippen LogP contribution in [0.2, 0.25) is 0 Å². The van der Waals surface area contributed by atoms with Crippen molar-refractivity contribution < 1.29 is 4.79 Å². The Labute approximate surface area is 200 Å². The molecular weight excluding hydrogens is 426 g/mol. The molecule has 34 heavy (non-hydrogen) atoms. The number of hydrogen-bond donors (Lipinski definition) is 0. The van der Waals surface area contributed by atoms with E-state index in [1.54, 1.807) is 16.8 Å². The maximum Gasteiger partial charge on any atom is 0.255 e. The lowest BCUT2D eigenvalue weighted by Crippen LogP contribution is -2.46. The standard InChI is InChI=1S/C27H33N5O2/c1-5-10-32-16-23(21-13-17(2)14-22(21)27(32)34)26(33)30(4)20-8-11-31(12-9-20)24-15-18(3)28-25(29-24)19-6-7-19/h5,13,15-16,19-20H,1,6-12,14H2,2-4H3. The SMILES string of the molecule is C=CCn1cc(C(=O)N(C)C2CCN(c3cc(C)nc(C4CC4)n3)CC2)c2c(c1=O)CC(C)=C2. The molecule has 2 aromatic rings. The fourth-order valence-corrected chi connectivity index (χ4v) is 5.19. The van der Waals surface area contributed by atoms with Gasteiger partial charge in [0.15, 0.2) is 0 Å². The van der Waals surface area contributed by atoms with E-state index >= 15 is 0 Å². The van der Waals surface area contributed by atoms with Gasteiger partial charge in [-0.1, -0.05) is 17.7 Å². The monoisotopic (exact) mass is 459 g/mol. The Morgan fingerprint density at radius 2 is 1.94 bits per heavy atom. The highest BCUT2D eigenvalue weighted by Gasteiger charge is 2.31. The van der Waals surface area contributed by atoms with Crippen molar-refractivity contribution in [3.63, 3.8) is 0 Å². The van der Waals surface area contributed by atoms with E-state index in [9.17, 15) is 9.59 Å². The Hall–Kier alpha value is -3.22. The molecule has 0 aromatic carbocycles. The summed E-state index contributed by atoms with van der Waals surface area (Å²) in [5, 5.41) is 0. The van der Waals surface area contributed by atoms with Gasteiger partial charge in [-0.2, -0.15) is 0 Å². The average molecular weight is 460 g/mol. The zero-order valence-corrected chi connectivity index (χ0v) is 20.4. The quantitative estimate of drug-likeness (QED) is 0.616. The van der Waals surface area contributed by atoms with Crippen LogP contribution in [0.3, 0.4) is 0 Å². The molecule has 7 heteroatoms. The molecular formula is C27H33N5O2. The van der Waals surface area contributed by atoms with Crippen LogP contribution in [0.1, 0.15) is 71.5 Å². The highest BCUT2D eigenvalue weighted by atomic mass is 16.2. The van der Waals surface area contributed by atoms with Crippen LogP contribution >= 0.6 is 0 Å². The predicted molar refractivity (Wildman–Crippen MR) is 134 cm³/mol. The number of pyridine rings is 1. The number of amides is 1. The summed E-state index contributed by atoms with van der Waals surface area (Å²) in [6, 6.07) is 2.22. The minimum absolute atomic E-state index is 0.0210. The van der Waals surface area contributed by atoms with Crippen molar-refractivity contribution in [1.29, 1.82) is 0 Å². The molecule has 7 nitrogen and oxygen atoms in total. The molecule has 0 bridgehead atoms. The van der Waals surface area contributed by atoms with Crippen LogP contribution < -0.4 is 10.5 Å². The first-order valence-electron chi connectivity index (χ1n) is 12.3. The number of hydrogen-bond acceptors (Lipinski definition) is 5. The largest absolute Gasteiger partial charge is 0.356 e. The van der Waals surface area contributed by atoms with Gasteiger partial charge >= 0.3 is 0 Å². The summed E-state index contributed by atoms with van der Waals surface area (Å²) in [4.78, 5) is 40.1. The van der Waals surface area contributed by atoms with Crippen molar-refractivity contribution >= 4 is 17.8 Å². The third-order valence-corrected chi connectivity index (χ3v) is 7.28. The highest BCUT2D eigenvalue weighted by molar-refractivity contribution is 5.98. The number of anilines is 1. The number of allylic oxidation sites excluding steroid dienone is 2. The van der Waals surface area contributed by atoms with Crippen molar-refractivity contribution in [3.8, 4) is 0 Å². The maximum absolute atomic E-state index is 13.6. The molecule has 1 saturated carbocycles. The maximum atomic E-state index is 13.6. The molecule has 0 unspecified atom stereocenters. The number of nitrogens with zero attached hydrogens (tertiary/aromatic N) is 5. The van der Waals surface area contributed by atoms with Gasteiger partial charge in [0.1, 0.15) is 11.6 Å². The van der Waals surface area contributed by atoms with Gasteiger partial charge in [-0.25, -0.2) is 9.97 Å². The van der Waals surface area contributed by atoms with Crippen LogP contribution in [0.5, 0.6) is 0 Å². The zero-order valence-electron chi connectivity index (χ0n) is 20.4. The smallest absolute Gasteiger partial charge is 0.255 e. The molecule has 1 saturated heterocycles. The van der Waals surface area contributed by atoms with Crippen molar-refractivity contribution in [2.24, 2.45) is 0 Å². The molecule has 0 spiro atoms. The number of aryl methyl sites for hydroxylation is 1. The van der Waals surface area contributed by atoms with E-state index in [2.05, 4.69) is 22.5 Å². The third-order valence-electron chi connectivity index (χ3n) is 7.28.